The van der Waals surface area contributed by atoms with Gasteiger partial charge in [0.1, 0.15) is 0 Å². The monoisotopic (exact) mass is 357 g/mol. The third-order valence-corrected chi connectivity index (χ3v) is 4.76. The van der Waals surface area contributed by atoms with Gasteiger partial charge in [-0.1, -0.05) is 41.9 Å². The Balaban J connectivity index is 1.43. The smallest absolute Gasteiger partial charge is 0.319 e. The predicted molar refractivity (Wildman–Crippen MR) is 103 cm³/mol. The van der Waals surface area contributed by atoms with Crippen molar-refractivity contribution in [3.63, 3.8) is 0 Å². The zero-order valence-corrected chi connectivity index (χ0v) is 15.0. The van der Waals surface area contributed by atoms with Gasteiger partial charge in [-0.25, -0.2) is 4.79 Å². The Morgan fingerprint density at radius 2 is 1.88 bits per heavy atom. The van der Waals surface area contributed by atoms with E-state index in [9.17, 15) is 4.79 Å². The molecule has 4 nitrogen and oxygen atoms in total. The summed E-state index contributed by atoms with van der Waals surface area (Å²) in [6.07, 6.45) is 2.34. The lowest BCUT2D eigenvalue weighted by atomic mass is 9.97. The molecule has 132 valence electrons. The minimum absolute atomic E-state index is 0.164. The minimum atomic E-state index is -0.164. The van der Waals surface area contributed by atoms with E-state index in [1.165, 1.54) is 12.0 Å². The Bertz CT molecular complexity index is 675. The van der Waals surface area contributed by atoms with E-state index in [1.54, 1.807) is 24.3 Å². The molecule has 1 fully saturated rings. The minimum Gasteiger partial charge on any atom is -0.338 e. The highest BCUT2D eigenvalue weighted by Crippen LogP contribution is 2.18. The van der Waals surface area contributed by atoms with Crippen molar-refractivity contribution >= 4 is 23.3 Å². The van der Waals surface area contributed by atoms with Crippen molar-refractivity contribution in [2.75, 3.05) is 25.0 Å². The number of rotatable bonds is 5. The maximum atomic E-state index is 12.0. The fourth-order valence-electron chi connectivity index (χ4n) is 3.25. The van der Waals surface area contributed by atoms with E-state index in [2.05, 4.69) is 39.8 Å². The van der Waals surface area contributed by atoms with Crippen LogP contribution in [-0.2, 0) is 6.54 Å². The molecule has 1 aliphatic rings. The number of piperidine rings is 1. The Kier molecular flexibility index (Phi) is 6.31. The number of carbonyl (C=O) groups is 1. The van der Waals surface area contributed by atoms with Crippen molar-refractivity contribution in [3.05, 3.63) is 65.2 Å². The molecule has 25 heavy (non-hydrogen) atoms. The van der Waals surface area contributed by atoms with Gasteiger partial charge in [-0.15, -0.1) is 0 Å². The SMILES string of the molecule is O=C(NCC1CCCN(Cc2ccccc2)C1)Nc1ccc(Cl)cc1. The van der Waals surface area contributed by atoms with Crippen LogP contribution in [0.2, 0.25) is 5.02 Å². The molecule has 2 N–H and O–H groups in total. The van der Waals surface area contributed by atoms with Gasteiger partial charge >= 0.3 is 6.03 Å². The molecule has 5 heteroatoms. The molecule has 2 amide bonds. The molecule has 2 aromatic carbocycles. The molecule has 0 bridgehead atoms. The molecule has 0 saturated carbocycles. The lowest BCUT2D eigenvalue weighted by Crippen LogP contribution is -2.41. The van der Waals surface area contributed by atoms with Gasteiger partial charge in [0, 0.05) is 30.3 Å². The number of likely N-dealkylation sites (tertiary alicyclic amines) is 1. The highest BCUT2D eigenvalue weighted by Gasteiger charge is 2.20. The first kappa shape index (κ1) is 17.8. The van der Waals surface area contributed by atoms with Gasteiger partial charge in [-0.2, -0.15) is 0 Å². The number of anilines is 1. The summed E-state index contributed by atoms with van der Waals surface area (Å²) in [6, 6.07) is 17.5. The lowest BCUT2D eigenvalue weighted by molar-refractivity contribution is 0.166. The number of nitrogens with one attached hydrogen (secondary N) is 2. The fraction of sp³-hybridized carbons (Fsp3) is 0.350. The summed E-state index contributed by atoms with van der Waals surface area (Å²) in [6.45, 7) is 3.83. The number of amides is 2. The first-order chi connectivity index (χ1) is 12.2. The van der Waals surface area contributed by atoms with Gasteiger partial charge in [0.05, 0.1) is 0 Å². The van der Waals surface area contributed by atoms with Gasteiger partial charge in [0.2, 0.25) is 0 Å². The van der Waals surface area contributed by atoms with Crippen molar-refractivity contribution < 1.29 is 4.79 Å². The molecule has 0 spiro atoms. The molecule has 0 aliphatic carbocycles. The van der Waals surface area contributed by atoms with Gasteiger partial charge in [0.15, 0.2) is 0 Å². The number of hydrogen-bond donors (Lipinski definition) is 2. The molecule has 0 aromatic heterocycles. The predicted octanol–water partition coefficient (Wildman–Crippen LogP) is 4.37. The van der Waals surface area contributed by atoms with Crippen molar-refractivity contribution in [2.45, 2.75) is 19.4 Å². The Morgan fingerprint density at radius 1 is 1.12 bits per heavy atom. The van der Waals surface area contributed by atoms with Gasteiger partial charge in [0.25, 0.3) is 0 Å². The van der Waals surface area contributed by atoms with Crippen LogP contribution in [-0.4, -0.2) is 30.6 Å². The number of carbonyl (C=O) groups excluding carboxylic acids is 1. The summed E-state index contributed by atoms with van der Waals surface area (Å²) in [7, 11) is 0. The second kappa shape index (κ2) is 8.88. The third-order valence-electron chi connectivity index (χ3n) is 4.51. The first-order valence-electron chi connectivity index (χ1n) is 8.76. The average Bonchev–Trinajstić information content (AvgIpc) is 2.63. The molecule has 0 radical (unpaired) electrons. The summed E-state index contributed by atoms with van der Waals surface area (Å²) in [5.74, 6) is 0.494. The Hall–Kier alpha value is -2.04. The van der Waals surface area contributed by atoms with Crippen LogP contribution >= 0.6 is 11.6 Å². The van der Waals surface area contributed by atoms with Crippen molar-refractivity contribution in [1.29, 1.82) is 0 Å². The topological polar surface area (TPSA) is 44.4 Å². The van der Waals surface area contributed by atoms with Crippen molar-refractivity contribution in [1.82, 2.24) is 10.2 Å². The van der Waals surface area contributed by atoms with E-state index in [1.807, 2.05) is 6.07 Å². The average molecular weight is 358 g/mol. The van der Waals surface area contributed by atoms with Crippen LogP contribution in [0.25, 0.3) is 0 Å². The second-order valence-corrected chi connectivity index (χ2v) is 7.01. The molecular formula is C20H24ClN3O. The van der Waals surface area contributed by atoms with Gasteiger partial charge in [-0.3, -0.25) is 4.90 Å². The molecular weight excluding hydrogens is 334 g/mol. The van der Waals surface area contributed by atoms with Gasteiger partial charge < -0.3 is 10.6 Å². The summed E-state index contributed by atoms with van der Waals surface area (Å²) in [5.41, 5.74) is 2.09. The van der Waals surface area contributed by atoms with E-state index >= 15 is 0 Å². The van der Waals surface area contributed by atoms with Crippen molar-refractivity contribution in [3.8, 4) is 0 Å². The molecule has 3 rings (SSSR count). The number of nitrogens with zero attached hydrogens (tertiary/aromatic N) is 1. The summed E-state index contributed by atoms with van der Waals surface area (Å²) < 4.78 is 0. The second-order valence-electron chi connectivity index (χ2n) is 6.57. The van der Waals surface area contributed by atoms with Crippen LogP contribution in [0.3, 0.4) is 0 Å². The maximum absolute atomic E-state index is 12.0. The van der Waals surface area contributed by atoms with Crippen LogP contribution in [0.1, 0.15) is 18.4 Å². The number of halogens is 1. The number of benzene rings is 2. The summed E-state index contributed by atoms with van der Waals surface area (Å²) in [4.78, 5) is 14.5. The lowest BCUT2D eigenvalue weighted by Gasteiger charge is -2.32. The highest BCUT2D eigenvalue weighted by atomic mass is 35.5. The van der Waals surface area contributed by atoms with E-state index < -0.39 is 0 Å². The molecule has 1 atom stereocenters. The van der Waals surface area contributed by atoms with E-state index in [0.29, 0.717) is 17.5 Å². The largest absolute Gasteiger partial charge is 0.338 e. The summed E-state index contributed by atoms with van der Waals surface area (Å²) >= 11 is 5.85. The normalized spacial score (nSPS) is 17.9. The highest BCUT2D eigenvalue weighted by molar-refractivity contribution is 6.30. The van der Waals surface area contributed by atoms with Gasteiger partial charge in [-0.05, 0) is 55.1 Å². The van der Waals surface area contributed by atoms with Crippen LogP contribution < -0.4 is 10.6 Å². The molecule has 1 saturated heterocycles. The van der Waals surface area contributed by atoms with E-state index in [4.69, 9.17) is 11.6 Å². The molecule has 2 aromatic rings. The van der Waals surface area contributed by atoms with E-state index in [0.717, 1.165) is 31.7 Å². The first-order valence-corrected chi connectivity index (χ1v) is 9.13. The number of hydrogen-bond acceptors (Lipinski definition) is 2. The number of urea groups is 1. The standard InChI is InChI=1S/C20H24ClN3O/c21-18-8-10-19(11-9-18)23-20(25)22-13-17-7-4-12-24(15-17)14-16-5-2-1-3-6-16/h1-3,5-6,8-11,17H,4,7,12-15H2,(H2,22,23,25). The maximum Gasteiger partial charge on any atom is 0.319 e. The Labute approximate surface area is 154 Å². The molecule has 1 unspecified atom stereocenters. The molecule has 1 aliphatic heterocycles. The quantitative estimate of drug-likeness (QED) is 0.834. The van der Waals surface area contributed by atoms with Crippen molar-refractivity contribution in [2.24, 2.45) is 5.92 Å². The van der Waals surface area contributed by atoms with Crippen LogP contribution in [0.5, 0.6) is 0 Å². The zero-order valence-electron chi connectivity index (χ0n) is 14.2. The van der Waals surface area contributed by atoms with E-state index in [-0.39, 0.29) is 6.03 Å². The van der Waals surface area contributed by atoms with Crippen LogP contribution in [0, 0.1) is 5.92 Å². The molecule has 1 heterocycles. The zero-order chi connectivity index (χ0) is 17.5. The Morgan fingerprint density at radius 3 is 2.64 bits per heavy atom. The third kappa shape index (κ3) is 5.76. The van der Waals surface area contributed by atoms with Crippen LogP contribution in [0.4, 0.5) is 10.5 Å². The fourth-order valence-corrected chi connectivity index (χ4v) is 3.37. The summed E-state index contributed by atoms with van der Waals surface area (Å²) in [5, 5.41) is 6.49. The van der Waals surface area contributed by atoms with Crippen LogP contribution in [0.15, 0.2) is 54.6 Å².